The molecule has 1 amide bonds. The number of benzene rings is 1. The number of amides is 1. The number of pyridine rings is 1. The highest BCUT2D eigenvalue weighted by molar-refractivity contribution is 6.13. The number of fused-ring (bicyclic) bond motifs is 1. The molecule has 0 bridgehead atoms. The molecule has 0 aliphatic heterocycles. The molecular weight excluding hydrogens is 410 g/mol. The Morgan fingerprint density at radius 2 is 1.94 bits per heavy atom. The van der Waals surface area contributed by atoms with Crippen LogP contribution in [0.25, 0.3) is 33.9 Å². The Morgan fingerprint density at radius 1 is 1.06 bits per heavy atom. The maximum Gasteiger partial charge on any atom is 0.259 e. The second kappa shape index (κ2) is 7.62. The molecule has 2 N–H and O–H groups in total. The van der Waals surface area contributed by atoms with Crippen molar-refractivity contribution in [1.82, 2.24) is 20.1 Å². The number of rotatable bonds is 4. The molecule has 32 heavy (non-hydrogen) atoms. The summed E-state index contributed by atoms with van der Waals surface area (Å²) in [5.74, 6) is 0.568. The van der Waals surface area contributed by atoms with E-state index in [4.69, 9.17) is 8.94 Å². The topological polar surface area (TPSA) is 127 Å². The largest absolute Gasteiger partial charge is 0.463 e. The van der Waals surface area contributed by atoms with Gasteiger partial charge in [0.05, 0.1) is 22.9 Å². The van der Waals surface area contributed by atoms with Gasteiger partial charge in [-0.15, -0.1) is 0 Å². The van der Waals surface area contributed by atoms with Gasteiger partial charge in [0, 0.05) is 23.0 Å². The van der Waals surface area contributed by atoms with Gasteiger partial charge < -0.3 is 19.2 Å². The first kappa shape index (κ1) is 19.4. The number of aromatic amines is 1. The average molecular weight is 427 g/mol. The Labute approximate surface area is 181 Å². The smallest absolute Gasteiger partial charge is 0.259 e. The molecule has 9 heteroatoms. The van der Waals surface area contributed by atoms with Crippen molar-refractivity contribution >= 4 is 22.7 Å². The summed E-state index contributed by atoms with van der Waals surface area (Å²) in [4.78, 5) is 36.5. The minimum absolute atomic E-state index is 0.241. The molecule has 0 aliphatic rings. The number of hydrogen-bond acceptors (Lipinski definition) is 7. The number of aromatic nitrogens is 4. The fraction of sp³-hybridized carbons (Fsp3) is 0.0870. The van der Waals surface area contributed by atoms with Crippen LogP contribution >= 0.6 is 0 Å². The van der Waals surface area contributed by atoms with E-state index in [1.165, 1.54) is 12.3 Å². The quantitative estimate of drug-likeness (QED) is 0.442. The van der Waals surface area contributed by atoms with Gasteiger partial charge in [0.15, 0.2) is 5.76 Å². The van der Waals surface area contributed by atoms with Crippen LogP contribution in [0.3, 0.4) is 0 Å². The summed E-state index contributed by atoms with van der Waals surface area (Å²) in [6.45, 7) is 3.49. The molecule has 0 radical (unpaired) electrons. The molecule has 4 heterocycles. The molecule has 0 atom stereocenters. The van der Waals surface area contributed by atoms with E-state index in [2.05, 4.69) is 25.4 Å². The van der Waals surface area contributed by atoms with Gasteiger partial charge in [-0.05, 0) is 44.2 Å². The van der Waals surface area contributed by atoms with Gasteiger partial charge in [-0.3, -0.25) is 9.59 Å². The van der Waals surface area contributed by atoms with E-state index in [1.54, 1.807) is 56.3 Å². The van der Waals surface area contributed by atoms with Crippen LogP contribution in [0, 0.1) is 13.8 Å². The number of carbonyl (C=O) groups excluding carboxylic acids is 1. The fourth-order valence-corrected chi connectivity index (χ4v) is 3.48. The number of anilines is 1. The van der Waals surface area contributed by atoms with Crippen molar-refractivity contribution in [3.8, 4) is 22.8 Å². The number of aryl methyl sites for hydroxylation is 2. The van der Waals surface area contributed by atoms with Crippen molar-refractivity contribution < 1.29 is 13.7 Å². The van der Waals surface area contributed by atoms with Crippen molar-refractivity contribution in [3.63, 3.8) is 0 Å². The molecule has 0 fully saturated rings. The lowest BCUT2D eigenvalue weighted by atomic mass is 10.1. The Kier molecular flexibility index (Phi) is 4.63. The summed E-state index contributed by atoms with van der Waals surface area (Å²) in [6, 6.07) is 13.6. The highest BCUT2D eigenvalue weighted by Gasteiger charge is 2.20. The number of nitrogens with one attached hydrogen (secondary N) is 2. The van der Waals surface area contributed by atoms with Gasteiger partial charge in [0.2, 0.25) is 0 Å². The third-order valence-electron chi connectivity index (χ3n) is 4.90. The van der Waals surface area contributed by atoms with E-state index in [1.807, 2.05) is 0 Å². The van der Waals surface area contributed by atoms with E-state index >= 15 is 0 Å². The Bertz CT molecular complexity index is 1520. The Hall–Kier alpha value is -4.53. The fourth-order valence-electron chi connectivity index (χ4n) is 3.48. The minimum atomic E-state index is -0.362. The summed E-state index contributed by atoms with van der Waals surface area (Å²) in [5, 5.41) is 7.37. The van der Waals surface area contributed by atoms with Gasteiger partial charge in [-0.2, -0.15) is 0 Å². The first-order chi connectivity index (χ1) is 15.5. The molecule has 0 spiro atoms. The van der Waals surface area contributed by atoms with E-state index in [-0.39, 0.29) is 17.2 Å². The predicted molar refractivity (Wildman–Crippen MR) is 117 cm³/mol. The number of hydrogen-bond donors (Lipinski definition) is 2. The molecule has 5 aromatic rings. The maximum absolute atomic E-state index is 13.2. The molecule has 1 aromatic carbocycles. The van der Waals surface area contributed by atoms with Crippen LogP contribution < -0.4 is 10.9 Å². The third-order valence-corrected chi connectivity index (χ3v) is 4.90. The zero-order valence-electron chi connectivity index (χ0n) is 17.2. The SMILES string of the molecule is Cc1cc(=O)[nH]c(-c2cccc(NC(=O)c3cc(-c4ccco4)nc4onc(C)c34)c2)n1. The molecule has 158 valence electrons. The lowest BCUT2D eigenvalue weighted by molar-refractivity contribution is 0.102. The zero-order valence-corrected chi connectivity index (χ0v) is 17.2. The van der Waals surface area contributed by atoms with Crippen LogP contribution in [0.5, 0.6) is 0 Å². The molecular formula is C23H17N5O4. The highest BCUT2D eigenvalue weighted by atomic mass is 16.5. The molecule has 5 rings (SSSR count). The molecule has 0 saturated heterocycles. The Morgan fingerprint density at radius 3 is 2.72 bits per heavy atom. The van der Waals surface area contributed by atoms with Crippen LogP contribution in [0.15, 0.2) is 68.5 Å². The number of carbonyl (C=O) groups is 1. The van der Waals surface area contributed by atoms with Crippen molar-refractivity contribution in [2.75, 3.05) is 5.32 Å². The van der Waals surface area contributed by atoms with Crippen LogP contribution in [0.1, 0.15) is 21.7 Å². The maximum atomic E-state index is 13.2. The zero-order chi connectivity index (χ0) is 22.2. The number of furan rings is 1. The predicted octanol–water partition coefficient (Wildman–Crippen LogP) is 4.10. The average Bonchev–Trinajstić information content (AvgIpc) is 3.43. The summed E-state index contributed by atoms with van der Waals surface area (Å²) in [7, 11) is 0. The molecule has 0 unspecified atom stereocenters. The van der Waals surface area contributed by atoms with Crippen molar-refractivity contribution in [2.24, 2.45) is 0 Å². The second-order valence-corrected chi connectivity index (χ2v) is 7.25. The molecule has 0 saturated carbocycles. The highest BCUT2D eigenvalue weighted by Crippen LogP contribution is 2.28. The molecule has 9 nitrogen and oxygen atoms in total. The summed E-state index contributed by atoms with van der Waals surface area (Å²) in [6.07, 6.45) is 1.53. The monoisotopic (exact) mass is 427 g/mol. The van der Waals surface area contributed by atoms with E-state index < -0.39 is 0 Å². The Balaban J connectivity index is 1.53. The third kappa shape index (κ3) is 3.56. The summed E-state index contributed by atoms with van der Waals surface area (Å²) in [5.41, 5.74) is 3.18. The molecule has 4 aromatic heterocycles. The number of H-pyrrole nitrogens is 1. The van der Waals surface area contributed by atoms with Crippen molar-refractivity contribution in [1.29, 1.82) is 0 Å². The van der Waals surface area contributed by atoms with E-state index in [9.17, 15) is 9.59 Å². The first-order valence-corrected chi connectivity index (χ1v) is 9.78. The first-order valence-electron chi connectivity index (χ1n) is 9.78. The van der Waals surface area contributed by atoms with Crippen LogP contribution in [0.2, 0.25) is 0 Å². The van der Waals surface area contributed by atoms with Crippen LogP contribution in [-0.2, 0) is 0 Å². The summed E-state index contributed by atoms with van der Waals surface area (Å²) >= 11 is 0. The van der Waals surface area contributed by atoms with E-state index in [0.717, 1.165) is 0 Å². The standard InChI is InChI=1S/C23H17N5O4/c1-12-9-19(29)27-21(24-12)14-5-3-6-15(10-14)25-22(30)16-11-17(18-7-4-8-31-18)26-23-20(16)13(2)28-32-23/h3-11H,1-2H3,(H,25,30)(H,24,27,29). The molecule has 0 aliphatic carbocycles. The van der Waals surface area contributed by atoms with Crippen LogP contribution in [-0.4, -0.2) is 26.0 Å². The lowest BCUT2D eigenvalue weighted by Crippen LogP contribution is -2.13. The van der Waals surface area contributed by atoms with Gasteiger partial charge in [0.25, 0.3) is 17.2 Å². The van der Waals surface area contributed by atoms with Gasteiger partial charge in [-0.25, -0.2) is 9.97 Å². The van der Waals surface area contributed by atoms with E-state index in [0.29, 0.717) is 50.9 Å². The normalized spacial score (nSPS) is 11.1. The van der Waals surface area contributed by atoms with Crippen molar-refractivity contribution in [3.05, 3.63) is 82.1 Å². The minimum Gasteiger partial charge on any atom is -0.463 e. The number of nitrogens with zero attached hydrogens (tertiary/aromatic N) is 3. The van der Waals surface area contributed by atoms with Gasteiger partial charge in [-0.1, -0.05) is 17.3 Å². The van der Waals surface area contributed by atoms with Gasteiger partial charge in [0.1, 0.15) is 11.5 Å². The lowest BCUT2D eigenvalue weighted by Gasteiger charge is -2.09. The van der Waals surface area contributed by atoms with Crippen LogP contribution in [0.4, 0.5) is 5.69 Å². The summed E-state index contributed by atoms with van der Waals surface area (Å²) < 4.78 is 10.7. The van der Waals surface area contributed by atoms with Gasteiger partial charge >= 0.3 is 0 Å². The second-order valence-electron chi connectivity index (χ2n) is 7.25. The van der Waals surface area contributed by atoms with Crippen molar-refractivity contribution in [2.45, 2.75) is 13.8 Å².